The second-order valence-corrected chi connectivity index (χ2v) is 9.10. The van der Waals surface area contributed by atoms with Gasteiger partial charge in [0.05, 0.1) is 18.2 Å². The molecule has 1 aliphatic heterocycles. The largest absolute Gasteiger partial charge is 0.376 e. The number of hydrogen-bond acceptors (Lipinski definition) is 6. The van der Waals surface area contributed by atoms with Gasteiger partial charge in [0, 0.05) is 12.3 Å². The zero-order chi connectivity index (χ0) is 22.4. The molecular weight excluding hydrogens is 430 g/mol. The second-order valence-electron chi connectivity index (χ2n) is 8.19. The minimum atomic E-state index is -0.458. The summed E-state index contributed by atoms with van der Waals surface area (Å²) in [6.07, 6.45) is 1.70. The molecule has 0 spiro atoms. The lowest BCUT2D eigenvalue weighted by molar-refractivity contribution is -0.117. The first kappa shape index (κ1) is 20.7. The molecule has 1 atom stereocenters. The quantitative estimate of drug-likeness (QED) is 0.500. The van der Waals surface area contributed by atoms with Crippen LogP contribution in [-0.4, -0.2) is 37.4 Å². The predicted octanol–water partition coefficient (Wildman–Crippen LogP) is 2.31. The number of fused-ring (bicyclic) bond motifs is 3. The number of carbonyl (C=O) groups excluding carboxylic acids is 1. The number of nitrogens with zero attached hydrogens (tertiary/aromatic N) is 4. The summed E-state index contributed by atoms with van der Waals surface area (Å²) in [7, 11) is 0. The molecule has 0 saturated carbocycles. The maximum absolute atomic E-state index is 13.2. The summed E-state index contributed by atoms with van der Waals surface area (Å²) in [5.41, 5.74) is 2.57. The molecule has 0 radical (unpaired) electrons. The van der Waals surface area contributed by atoms with Crippen LogP contribution in [0, 0.1) is 13.8 Å². The van der Waals surface area contributed by atoms with Gasteiger partial charge in [0.1, 0.15) is 11.2 Å². The summed E-state index contributed by atoms with van der Waals surface area (Å²) >= 11 is 1.29. The number of carbonyl (C=O) groups is 1. The maximum atomic E-state index is 13.2. The van der Waals surface area contributed by atoms with Crippen LogP contribution in [-0.2, 0) is 22.6 Å². The first-order valence-corrected chi connectivity index (χ1v) is 11.4. The fraction of sp³-hybridized carbons (Fsp3) is 0.364. The number of thiophene rings is 1. The number of amides is 1. The molecule has 4 aromatic rings. The van der Waals surface area contributed by atoms with Crippen LogP contribution in [0.3, 0.4) is 0 Å². The van der Waals surface area contributed by atoms with E-state index in [2.05, 4.69) is 10.4 Å². The maximum Gasteiger partial charge on any atom is 0.352 e. The topological polar surface area (TPSA) is 99.6 Å². The SMILES string of the molecule is Cc1cc(C)cc(NC(=O)Cn2nc3n(CC4CCCO4)c(=O)c4sccc4n3c2=O)c1. The van der Waals surface area contributed by atoms with Crippen molar-refractivity contribution in [2.24, 2.45) is 0 Å². The van der Waals surface area contributed by atoms with Gasteiger partial charge < -0.3 is 10.1 Å². The number of aryl methyl sites for hydroxylation is 2. The van der Waals surface area contributed by atoms with Gasteiger partial charge in [-0.05, 0) is 61.4 Å². The highest BCUT2D eigenvalue weighted by Crippen LogP contribution is 2.19. The second kappa shape index (κ2) is 8.03. The van der Waals surface area contributed by atoms with E-state index in [-0.39, 0.29) is 29.9 Å². The molecule has 1 aromatic carbocycles. The van der Waals surface area contributed by atoms with Crippen LogP contribution < -0.4 is 16.6 Å². The molecule has 5 rings (SSSR count). The molecular formula is C22H23N5O4S. The van der Waals surface area contributed by atoms with Crippen molar-refractivity contribution in [3.05, 3.63) is 61.6 Å². The summed E-state index contributed by atoms with van der Waals surface area (Å²) in [6, 6.07) is 7.48. The summed E-state index contributed by atoms with van der Waals surface area (Å²) in [5.74, 6) is -0.143. The van der Waals surface area contributed by atoms with Crippen molar-refractivity contribution in [3.63, 3.8) is 0 Å². The van der Waals surface area contributed by atoms with Crippen molar-refractivity contribution in [1.82, 2.24) is 18.7 Å². The Labute approximate surface area is 186 Å². The third-order valence-corrected chi connectivity index (χ3v) is 6.49. The first-order chi connectivity index (χ1) is 15.4. The molecule has 3 aromatic heterocycles. The Morgan fingerprint density at radius 2 is 2.03 bits per heavy atom. The van der Waals surface area contributed by atoms with E-state index in [1.54, 1.807) is 11.4 Å². The number of ether oxygens (including phenoxy) is 1. The smallest absolute Gasteiger partial charge is 0.352 e. The van der Waals surface area contributed by atoms with Gasteiger partial charge in [-0.1, -0.05) is 6.07 Å². The van der Waals surface area contributed by atoms with Crippen molar-refractivity contribution in [2.75, 3.05) is 11.9 Å². The van der Waals surface area contributed by atoms with Gasteiger partial charge in [0.15, 0.2) is 0 Å². The van der Waals surface area contributed by atoms with Crippen LogP contribution in [0.5, 0.6) is 0 Å². The average Bonchev–Trinajstić information content (AvgIpc) is 3.46. The van der Waals surface area contributed by atoms with Gasteiger partial charge in [-0.15, -0.1) is 16.4 Å². The Morgan fingerprint density at radius 3 is 2.75 bits per heavy atom. The number of nitrogens with one attached hydrogen (secondary N) is 1. The van der Waals surface area contributed by atoms with Gasteiger partial charge in [-0.3, -0.25) is 14.2 Å². The van der Waals surface area contributed by atoms with Crippen LogP contribution in [0.15, 0.2) is 39.2 Å². The summed E-state index contributed by atoms with van der Waals surface area (Å²) in [6.45, 7) is 4.63. The van der Waals surface area contributed by atoms with Gasteiger partial charge in [0.25, 0.3) is 5.56 Å². The highest BCUT2D eigenvalue weighted by Gasteiger charge is 2.23. The Bertz CT molecular complexity index is 1430. The summed E-state index contributed by atoms with van der Waals surface area (Å²) < 4.78 is 10.2. The van der Waals surface area contributed by atoms with Gasteiger partial charge in [0.2, 0.25) is 11.7 Å². The molecule has 1 saturated heterocycles. The first-order valence-electron chi connectivity index (χ1n) is 10.5. The number of hydrogen-bond donors (Lipinski definition) is 1. The van der Waals surface area contributed by atoms with Crippen LogP contribution in [0.2, 0.25) is 0 Å². The van der Waals surface area contributed by atoms with Crippen LogP contribution in [0.25, 0.3) is 16.0 Å². The van der Waals surface area contributed by atoms with Gasteiger partial charge in [-0.2, -0.15) is 0 Å². The van der Waals surface area contributed by atoms with E-state index >= 15 is 0 Å². The molecule has 32 heavy (non-hydrogen) atoms. The highest BCUT2D eigenvalue weighted by molar-refractivity contribution is 7.17. The van der Waals surface area contributed by atoms with Crippen LogP contribution in [0.4, 0.5) is 5.69 Å². The number of anilines is 1. The lowest BCUT2D eigenvalue weighted by Crippen LogP contribution is -2.30. The fourth-order valence-corrected chi connectivity index (χ4v) is 5.10. The zero-order valence-corrected chi connectivity index (χ0v) is 18.6. The third kappa shape index (κ3) is 3.65. The molecule has 10 heteroatoms. The van der Waals surface area contributed by atoms with E-state index in [9.17, 15) is 14.4 Å². The van der Waals surface area contributed by atoms with Crippen molar-refractivity contribution in [1.29, 1.82) is 0 Å². The zero-order valence-electron chi connectivity index (χ0n) is 17.8. The van der Waals surface area contributed by atoms with Gasteiger partial charge >= 0.3 is 5.69 Å². The molecule has 0 aliphatic carbocycles. The predicted molar refractivity (Wildman–Crippen MR) is 123 cm³/mol. The minimum Gasteiger partial charge on any atom is -0.376 e. The Morgan fingerprint density at radius 1 is 1.25 bits per heavy atom. The average molecular weight is 454 g/mol. The number of rotatable bonds is 5. The minimum absolute atomic E-state index is 0.0953. The van der Waals surface area contributed by atoms with Gasteiger partial charge in [-0.25, -0.2) is 13.9 Å². The van der Waals surface area contributed by atoms with Crippen molar-refractivity contribution < 1.29 is 9.53 Å². The van der Waals surface area contributed by atoms with E-state index in [1.807, 2.05) is 32.0 Å². The molecule has 1 amide bonds. The van der Waals surface area contributed by atoms with Crippen molar-refractivity contribution in [2.45, 2.75) is 45.9 Å². The van der Waals surface area contributed by atoms with E-state index in [4.69, 9.17) is 4.74 Å². The molecule has 1 fully saturated rings. The van der Waals surface area contributed by atoms with Crippen LogP contribution in [0.1, 0.15) is 24.0 Å². The number of benzene rings is 1. The fourth-order valence-electron chi connectivity index (χ4n) is 4.28. The Kier molecular flexibility index (Phi) is 5.18. The third-order valence-electron chi connectivity index (χ3n) is 5.60. The molecule has 1 aliphatic rings. The van der Waals surface area contributed by atoms with Crippen molar-refractivity contribution >= 4 is 38.9 Å². The Balaban J connectivity index is 1.54. The summed E-state index contributed by atoms with van der Waals surface area (Å²) in [4.78, 5) is 39.0. The molecule has 9 nitrogen and oxygen atoms in total. The molecule has 4 heterocycles. The van der Waals surface area contributed by atoms with E-state index in [0.29, 0.717) is 29.1 Å². The summed E-state index contributed by atoms with van der Waals surface area (Å²) in [5, 5.41) is 8.98. The molecule has 1 unspecified atom stereocenters. The highest BCUT2D eigenvalue weighted by atomic mass is 32.1. The Hall–Kier alpha value is -3.24. The standard InChI is InChI=1S/C22H23N5O4S/c1-13-8-14(2)10-15(9-13)23-18(28)12-26-22(30)27-17-5-7-32-19(17)20(29)25(21(27)24-26)11-16-4-3-6-31-16/h5,7-10,16H,3-4,6,11-12H2,1-2H3,(H,23,28). The molecule has 0 bridgehead atoms. The van der Waals surface area contributed by atoms with E-state index in [0.717, 1.165) is 28.7 Å². The molecule has 166 valence electrons. The lowest BCUT2D eigenvalue weighted by atomic mass is 10.1. The van der Waals surface area contributed by atoms with E-state index in [1.165, 1.54) is 20.3 Å². The molecule has 1 N–H and O–H groups in total. The normalized spacial score (nSPS) is 16.2. The van der Waals surface area contributed by atoms with Crippen molar-refractivity contribution in [3.8, 4) is 0 Å². The van der Waals surface area contributed by atoms with E-state index < -0.39 is 5.69 Å². The lowest BCUT2D eigenvalue weighted by Gasteiger charge is -2.12. The monoisotopic (exact) mass is 453 g/mol. The number of aromatic nitrogens is 4. The van der Waals surface area contributed by atoms with Crippen LogP contribution >= 0.6 is 11.3 Å².